The molecular formula is C15H24F2N2. The third-order valence-corrected chi connectivity index (χ3v) is 3.14. The normalized spacial score (nSPS) is 12.1. The van der Waals surface area contributed by atoms with Crippen LogP contribution in [0.5, 0.6) is 0 Å². The van der Waals surface area contributed by atoms with Gasteiger partial charge in [-0.2, -0.15) is 8.78 Å². The molecule has 0 aliphatic carbocycles. The molecule has 0 radical (unpaired) electrons. The molecule has 1 rings (SSSR count). The van der Waals surface area contributed by atoms with Crippen molar-refractivity contribution in [1.29, 1.82) is 0 Å². The van der Waals surface area contributed by atoms with Crippen LogP contribution in [0.15, 0.2) is 30.3 Å². The van der Waals surface area contributed by atoms with E-state index in [1.165, 1.54) is 12.1 Å². The predicted molar refractivity (Wildman–Crippen MR) is 75.6 cm³/mol. The molecule has 108 valence electrons. The van der Waals surface area contributed by atoms with Gasteiger partial charge in [-0.1, -0.05) is 44.2 Å². The molecule has 0 atom stereocenters. The molecule has 1 aromatic rings. The quantitative estimate of drug-likeness (QED) is 0.694. The minimum atomic E-state index is -2.80. The van der Waals surface area contributed by atoms with Crippen LogP contribution >= 0.6 is 0 Å². The summed E-state index contributed by atoms with van der Waals surface area (Å²) in [6.07, 6.45) is 1.09. The molecule has 19 heavy (non-hydrogen) atoms. The van der Waals surface area contributed by atoms with Gasteiger partial charge in [0.2, 0.25) is 0 Å². The van der Waals surface area contributed by atoms with Gasteiger partial charge in [0.05, 0.1) is 6.54 Å². The van der Waals surface area contributed by atoms with Crippen molar-refractivity contribution in [2.24, 2.45) is 0 Å². The Kier molecular flexibility index (Phi) is 6.95. The fourth-order valence-corrected chi connectivity index (χ4v) is 2.01. The lowest BCUT2D eigenvalue weighted by molar-refractivity contribution is -0.00337. The van der Waals surface area contributed by atoms with E-state index in [4.69, 9.17) is 0 Å². The zero-order chi connectivity index (χ0) is 14.1. The van der Waals surface area contributed by atoms with E-state index in [1.807, 2.05) is 0 Å². The van der Waals surface area contributed by atoms with E-state index in [9.17, 15) is 8.78 Å². The highest BCUT2D eigenvalue weighted by molar-refractivity contribution is 5.20. The third-order valence-electron chi connectivity index (χ3n) is 3.14. The second kappa shape index (κ2) is 8.23. The maximum atomic E-state index is 13.8. The maximum absolute atomic E-state index is 13.8. The van der Waals surface area contributed by atoms with Gasteiger partial charge in [-0.15, -0.1) is 0 Å². The van der Waals surface area contributed by atoms with E-state index >= 15 is 0 Å². The van der Waals surface area contributed by atoms with E-state index in [0.717, 1.165) is 26.1 Å². The zero-order valence-corrected chi connectivity index (χ0v) is 11.8. The summed E-state index contributed by atoms with van der Waals surface area (Å²) in [5, 5.41) is 2.86. The van der Waals surface area contributed by atoms with Crippen molar-refractivity contribution in [3.05, 3.63) is 35.9 Å². The van der Waals surface area contributed by atoms with Crippen LogP contribution < -0.4 is 5.32 Å². The van der Waals surface area contributed by atoms with Gasteiger partial charge in [0, 0.05) is 18.7 Å². The average molecular weight is 270 g/mol. The van der Waals surface area contributed by atoms with Crippen molar-refractivity contribution in [3.8, 4) is 0 Å². The van der Waals surface area contributed by atoms with Gasteiger partial charge in [-0.3, -0.25) is 0 Å². The van der Waals surface area contributed by atoms with Crippen molar-refractivity contribution in [1.82, 2.24) is 10.2 Å². The Morgan fingerprint density at radius 3 is 2.37 bits per heavy atom. The Hall–Kier alpha value is -1.00. The van der Waals surface area contributed by atoms with Crippen LogP contribution in [-0.4, -0.2) is 37.6 Å². The van der Waals surface area contributed by atoms with Crippen LogP contribution in [0.1, 0.15) is 25.8 Å². The van der Waals surface area contributed by atoms with E-state index < -0.39 is 5.92 Å². The summed E-state index contributed by atoms with van der Waals surface area (Å²) in [4.78, 5) is 2.26. The van der Waals surface area contributed by atoms with Gasteiger partial charge in [0.25, 0.3) is 5.92 Å². The summed E-state index contributed by atoms with van der Waals surface area (Å²) in [6.45, 7) is 7.30. The van der Waals surface area contributed by atoms with Crippen LogP contribution in [0.3, 0.4) is 0 Å². The summed E-state index contributed by atoms with van der Waals surface area (Å²) in [7, 11) is 0. The Morgan fingerprint density at radius 2 is 1.79 bits per heavy atom. The fraction of sp³-hybridized carbons (Fsp3) is 0.600. The Labute approximate surface area is 114 Å². The molecule has 2 nitrogen and oxygen atoms in total. The Morgan fingerprint density at radius 1 is 1.11 bits per heavy atom. The van der Waals surface area contributed by atoms with Crippen molar-refractivity contribution in [3.63, 3.8) is 0 Å². The van der Waals surface area contributed by atoms with E-state index in [2.05, 4.69) is 24.1 Å². The molecule has 0 bridgehead atoms. The lowest BCUT2D eigenvalue weighted by Crippen LogP contribution is -2.37. The topological polar surface area (TPSA) is 15.3 Å². The molecule has 0 amide bonds. The van der Waals surface area contributed by atoms with Crippen molar-refractivity contribution in [2.75, 3.05) is 32.7 Å². The molecular weight excluding hydrogens is 246 g/mol. The number of nitrogens with one attached hydrogen (secondary N) is 1. The molecule has 0 aliphatic rings. The smallest absolute Gasteiger partial charge is 0.285 e. The first kappa shape index (κ1) is 16.1. The van der Waals surface area contributed by atoms with Gasteiger partial charge in [-0.25, -0.2) is 0 Å². The zero-order valence-electron chi connectivity index (χ0n) is 11.8. The van der Waals surface area contributed by atoms with E-state index in [-0.39, 0.29) is 12.1 Å². The number of benzene rings is 1. The number of hydrogen-bond acceptors (Lipinski definition) is 2. The Bertz CT molecular complexity index is 341. The van der Waals surface area contributed by atoms with Crippen LogP contribution in [0.25, 0.3) is 0 Å². The van der Waals surface area contributed by atoms with Gasteiger partial charge >= 0.3 is 0 Å². The number of nitrogens with zero attached hydrogens (tertiary/aromatic N) is 1. The predicted octanol–water partition coefficient (Wildman–Crippen LogP) is 3.10. The lowest BCUT2D eigenvalue weighted by Gasteiger charge is -2.21. The summed E-state index contributed by atoms with van der Waals surface area (Å²) < 4.78 is 27.7. The van der Waals surface area contributed by atoms with Gasteiger partial charge in [-0.05, 0) is 19.5 Å². The second-order valence-electron chi connectivity index (χ2n) is 4.68. The van der Waals surface area contributed by atoms with Crippen molar-refractivity contribution in [2.45, 2.75) is 26.2 Å². The molecule has 0 fully saturated rings. The van der Waals surface area contributed by atoms with Crippen LogP contribution in [-0.2, 0) is 5.92 Å². The second-order valence-corrected chi connectivity index (χ2v) is 4.68. The fourth-order valence-electron chi connectivity index (χ4n) is 2.01. The SMILES string of the molecule is CCCN(CC)CCNCC(F)(F)c1ccccc1. The van der Waals surface area contributed by atoms with E-state index in [1.54, 1.807) is 18.2 Å². The minimum absolute atomic E-state index is 0.0726. The molecule has 0 heterocycles. The minimum Gasteiger partial charge on any atom is -0.310 e. The number of alkyl halides is 2. The Balaban J connectivity index is 2.32. The van der Waals surface area contributed by atoms with Gasteiger partial charge in [0.1, 0.15) is 0 Å². The molecule has 0 saturated carbocycles. The molecule has 1 N–H and O–H groups in total. The molecule has 0 spiro atoms. The van der Waals surface area contributed by atoms with Gasteiger partial charge in [0.15, 0.2) is 0 Å². The summed E-state index contributed by atoms with van der Waals surface area (Å²) in [6, 6.07) is 7.97. The maximum Gasteiger partial charge on any atom is 0.285 e. The first-order valence-electron chi connectivity index (χ1n) is 6.96. The van der Waals surface area contributed by atoms with Crippen molar-refractivity contribution >= 4 is 0 Å². The molecule has 4 heteroatoms. The lowest BCUT2D eigenvalue weighted by atomic mass is 10.1. The first-order valence-corrected chi connectivity index (χ1v) is 6.96. The highest BCUT2D eigenvalue weighted by Gasteiger charge is 2.30. The molecule has 1 aromatic carbocycles. The molecule has 0 aliphatic heterocycles. The number of hydrogen-bond donors (Lipinski definition) is 1. The van der Waals surface area contributed by atoms with E-state index in [0.29, 0.717) is 6.54 Å². The number of halogens is 2. The number of likely N-dealkylation sites (N-methyl/N-ethyl adjacent to an activating group) is 1. The third kappa shape index (κ3) is 5.66. The summed E-state index contributed by atoms with van der Waals surface area (Å²) >= 11 is 0. The van der Waals surface area contributed by atoms with Gasteiger partial charge < -0.3 is 10.2 Å². The number of rotatable bonds is 9. The molecule has 0 saturated heterocycles. The standard InChI is InChI=1S/C15H24F2N2/c1-3-11-19(4-2)12-10-18-13-15(16,17)14-8-6-5-7-9-14/h5-9,18H,3-4,10-13H2,1-2H3. The van der Waals surface area contributed by atoms with Crippen molar-refractivity contribution < 1.29 is 8.78 Å². The summed E-state index contributed by atoms with van der Waals surface area (Å²) in [5.74, 6) is -2.80. The van der Waals surface area contributed by atoms with Crippen LogP contribution in [0, 0.1) is 0 Å². The highest BCUT2D eigenvalue weighted by Crippen LogP contribution is 2.26. The average Bonchev–Trinajstić information content (AvgIpc) is 2.43. The largest absolute Gasteiger partial charge is 0.310 e. The highest BCUT2D eigenvalue weighted by atomic mass is 19.3. The van der Waals surface area contributed by atoms with Crippen LogP contribution in [0.2, 0.25) is 0 Å². The van der Waals surface area contributed by atoms with Crippen LogP contribution in [0.4, 0.5) is 8.78 Å². The molecule has 0 unspecified atom stereocenters. The summed E-state index contributed by atoms with van der Waals surface area (Å²) in [5.41, 5.74) is 0.0726. The first-order chi connectivity index (χ1) is 9.10. The monoisotopic (exact) mass is 270 g/mol. The molecule has 0 aromatic heterocycles.